The zero-order valence-electron chi connectivity index (χ0n) is 12.4. The van der Waals surface area contributed by atoms with Gasteiger partial charge in [0.1, 0.15) is 0 Å². The van der Waals surface area contributed by atoms with Gasteiger partial charge in [0, 0.05) is 13.1 Å². The van der Waals surface area contributed by atoms with Crippen LogP contribution in [0.2, 0.25) is 0 Å². The van der Waals surface area contributed by atoms with Crippen molar-refractivity contribution in [2.75, 3.05) is 18.8 Å². The molecule has 0 saturated carbocycles. The molecule has 0 atom stereocenters. The van der Waals surface area contributed by atoms with Gasteiger partial charge >= 0.3 is 0 Å². The number of benzene rings is 1. The molecule has 1 aliphatic heterocycles. The highest BCUT2D eigenvalue weighted by molar-refractivity contribution is 7.91. The number of aliphatic hydroxyl groups is 1. The number of rotatable bonds is 3. The van der Waals surface area contributed by atoms with Crippen molar-refractivity contribution in [1.82, 2.24) is 4.90 Å². The van der Waals surface area contributed by atoms with Crippen LogP contribution >= 0.6 is 0 Å². The summed E-state index contributed by atoms with van der Waals surface area (Å²) < 4.78 is 24.2. The molecule has 116 valence electrons. The van der Waals surface area contributed by atoms with Crippen LogP contribution in [-0.2, 0) is 9.84 Å². The van der Waals surface area contributed by atoms with E-state index in [4.69, 9.17) is 0 Å². The number of hydrogen-bond donors (Lipinski definition) is 1. The first-order chi connectivity index (χ1) is 9.77. The number of nitrogens with zero attached hydrogens (tertiary/aromatic N) is 1. The van der Waals surface area contributed by atoms with Gasteiger partial charge in [-0.3, -0.25) is 4.79 Å². The van der Waals surface area contributed by atoms with Gasteiger partial charge < -0.3 is 10.0 Å². The Morgan fingerprint density at radius 2 is 1.86 bits per heavy atom. The van der Waals surface area contributed by atoms with Crippen LogP contribution in [0.5, 0.6) is 0 Å². The maximum atomic E-state index is 12.6. The average molecular weight is 311 g/mol. The highest BCUT2D eigenvalue weighted by Crippen LogP contribution is 2.24. The number of sulfone groups is 1. The van der Waals surface area contributed by atoms with Crippen molar-refractivity contribution < 1.29 is 18.3 Å². The van der Waals surface area contributed by atoms with Gasteiger partial charge in [-0.2, -0.15) is 0 Å². The third-order valence-electron chi connectivity index (χ3n) is 3.96. The van der Waals surface area contributed by atoms with Crippen molar-refractivity contribution in [3.8, 4) is 0 Å². The molecular weight excluding hydrogens is 290 g/mol. The first-order valence-electron chi connectivity index (χ1n) is 7.10. The lowest BCUT2D eigenvalue weighted by Gasteiger charge is -2.36. The lowest BCUT2D eigenvalue weighted by Crippen LogP contribution is -2.45. The van der Waals surface area contributed by atoms with Crippen LogP contribution in [0.25, 0.3) is 0 Å². The van der Waals surface area contributed by atoms with Crippen molar-refractivity contribution in [3.05, 3.63) is 29.8 Å². The van der Waals surface area contributed by atoms with Crippen LogP contribution in [0, 0.1) is 0 Å². The predicted octanol–water partition coefficient (Wildman–Crippen LogP) is 1.47. The summed E-state index contributed by atoms with van der Waals surface area (Å²) in [4.78, 5) is 14.3. The molecule has 1 aromatic carbocycles. The Morgan fingerprint density at radius 1 is 1.29 bits per heavy atom. The van der Waals surface area contributed by atoms with E-state index in [0.717, 1.165) is 0 Å². The lowest BCUT2D eigenvalue weighted by molar-refractivity contribution is -0.00213. The molecule has 0 spiro atoms. The van der Waals surface area contributed by atoms with Gasteiger partial charge in [0.25, 0.3) is 5.91 Å². The number of piperidine rings is 1. The molecule has 0 aromatic heterocycles. The Kier molecular flexibility index (Phi) is 4.39. The molecular formula is C15H21NO4S. The number of hydrogen-bond acceptors (Lipinski definition) is 4. The standard InChI is InChI=1S/C15H21NO4S/c1-3-21(19,20)13-7-5-4-6-12(13)14(17)16-10-8-15(2,18)9-11-16/h4-7,18H,3,8-11H2,1-2H3. The Morgan fingerprint density at radius 3 is 2.43 bits per heavy atom. The molecule has 1 fully saturated rings. The summed E-state index contributed by atoms with van der Waals surface area (Å²) >= 11 is 0. The zero-order valence-corrected chi connectivity index (χ0v) is 13.2. The van der Waals surface area contributed by atoms with Gasteiger partial charge in [-0.15, -0.1) is 0 Å². The maximum Gasteiger partial charge on any atom is 0.255 e. The second-order valence-corrected chi connectivity index (χ2v) is 7.94. The van der Waals surface area contributed by atoms with Crippen LogP contribution in [0.3, 0.4) is 0 Å². The maximum absolute atomic E-state index is 12.6. The molecule has 2 rings (SSSR count). The Labute approximate surface area is 125 Å². The third kappa shape index (κ3) is 3.44. The molecule has 1 amide bonds. The van der Waals surface area contributed by atoms with Gasteiger partial charge in [-0.05, 0) is 31.9 Å². The molecule has 0 unspecified atom stereocenters. The minimum Gasteiger partial charge on any atom is -0.390 e. The largest absolute Gasteiger partial charge is 0.390 e. The molecule has 1 aromatic rings. The van der Waals surface area contributed by atoms with Crippen molar-refractivity contribution in [3.63, 3.8) is 0 Å². The van der Waals surface area contributed by atoms with Crippen LogP contribution in [-0.4, -0.2) is 48.8 Å². The summed E-state index contributed by atoms with van der Waals surface area (Å²) in [6.45, 7) is 4.19. The number of carbonyl (C=O) groups is 1. The highest BCUT2D eigenvalue weighted by Gasteiger charge is 2.31. The summed E-state index contributed by atoms with van der Waals surface area (Å²) in [5.74, 6) is -0.315. The van der Waals surface area contributed by atoms with Gasteiger partial charge in [-0.25, -0.2) is 8.42 Å². The van der Waals surface area contributed by atoms with E-state index >= 15 is 0 Å². The fourth-order valence-electron chi connectivity index (χ4n) is 2.43. The molecule has 0 bridgehead atoms. The topological polar surface area (TPSA) is 74.7 Å². The van der Waals surface area contributed by atoms with Gasteiger partial charge in [0.15, 0.2) is 9.84 Å². The number of amides is 1. The Bertz CT molecular complexity index is 627. The first-order valence-corrected chi connectivity index (χ1v) is 8.75. The minimum atomic E-state index is -3.43. The van der Waals surface area contributed by atoms with Gasteiger partial charge in [0.05, 0.1) is 21.8 Å². The molecule has 6 heteroatoms. The van der Waals surface area contributed by atoms with Crippen molar-refractivity contribution >= 4 is 15.7 Å². The molecule has 5 nitrogen and oxygen atoms in total. The highest BCUT2D eigenvalue weighted by atomic mass is 32.2. The fraction of sp³-hybridized carbons (Fsp3) is 0.533. The van der Waals surface area contributed by atoms with E-state index in [1.165, 1.54) is 6.07 Å². The van der Waals surface area contributed by atoms with E-state index in [1.807, 2.05) is 0 Å². The summed E-state index contributed by atoms with van der Waals surface area (Å²) in [5, 5.41) is 9.93. The van der Waals surface area contributed by atoms with E-state index in [0.29, 0.717) is 25.9 Å². The second-order valence-electron chi connectivity index (χ2n) is 5.69. The SMILES string of the molecule is CCS(=O)(=O)c1ccccc1C(=O)N1CCC(C)(O)CC1. The Hall–Kier alpha value is -1.40. The summed E-state index contributed by atoms with van der Waals surface area (Å²) in [5.41, 5.74) is -0.521. The van der Waals surface area contributed by atoms with Crippen molar-refractivity contribution in [2.24, 2.45) is 0 Å². The predicted molar refractivity (Wildman–Crippen MR) is 79.9 cm³/mol. The molecule has 1 saturated heterocycles. The van der Waals surface area contributed by atoms with E-state index in [-0.39, 0.29) is 22.1 Å². The third-order valence-corrected chi connectivity index (χ3v) is 5.75. The molecule has 21 heavy (non-hydrogen) atoms. The minimum absolute atomic E-state index is 0.0357. The van der Waals surface area contributed by atoms with Gasteiger partial charge in [-0.1, -0.05) is 19.1 Å². The summed E-state index contributed by atoms with van der Waals surface area (Å²) in [7, 11) is -3.43. The monoisotopic (exact) mass is 311 g/mol. The zero-order chi connectivity index (χ0) is 15.7. The van der Waals surface area contributed by atoms with Crippen LogP contribution in [0.4, 0.5) is 0 Å². The van der Waals surface area contributed by atoms with Crippen LogP contribution in [0.15, 0.2) is 29.2 Å². The van der Waals surface area contributed by atoms with E-state index in [2.05, 4.69) is 0 Å². The van der Waals surface area contributed by atoms with Crippen LogP contribution in [0.1, 0.15) is 37.0 Å². The summed E-state index contributed by atoms with van der Waals surface area (Å²) in [6.07, 6.45) is 1.00. The lowest BCUT2D eigenvalue weighted by atomic mass is 9.93. The van der Waals surface area contributed by atoms with E-state index in [1.54, 1.807) is 36.9 Å². The average Bonchev–Trinajstić information content (AvgIpc) is 2.46. The number of carbonyl (C=O) groups excluding carboxylic acids is 1. The van der Waals surface area contributed by atoms with Gasteiger partial charge in [0.2, 0.25) is 0 Å². The smallest absolute Gasteiger partial charge is 0.255 e. The number of likely N-dealkylation sites (tertiary alicyclic amines) is 1. The molecule has 1 heterocycles. The van der Waals surface area contributed by atoms with E-state index < -0.39 is 15.4 Å². The van der Waals surface area contributed by atoms with E-state index in [9.17, 15) is 18.3 Å². The molecule has 1 N–H and O–H groups in total. The molecule has 0 aliphatic carbocycles. The fourth-order valence-corrected chi connectivity index (χ4v) is 3.52. The van der Waals surface area contributed by atoms with Crippen molar-refractivity contribution in [2.45, 2.75) is 37.2 Å². The normalized spacial score (nSPS) is 18.5. The molecule has 0 radical (unpaired) electrons. The quantitative estimate of drug-likeness (QED) is 0.917. The molecule has 1 aliphatic rings. The van der Waals surface area contributed by atoms with Crippen LogP contribution < -0.4 is 0 Å². The summed E-state index contributed by atoms with van der Waals surface area (Å²) in [6, 6.07) is 6.33. The first kappa shape index (κ1) is 16.0. The van der Waals surface area contributed by atoms with Crippen molar-refractivity contribution in [1.29, 1.82) is 0 Å². The Balaban J connectivity index is 2.29. The second kappa shape index (κ2) is 5.77.